The summed E-state index contributed by atoms with van der Waals surface area (Å²) in [7, 11) is 0. The number of aryl methyl sites for hydroxylation is 2. The van der Waals surface area contributed by atoms with Crippen LogP contribution >= 0.6 is 11.3 Å². The number of thiophene rings is 1. The van der Waals surface area contributed by atoms with Crippen molar-refractivity contribution in [2.45, 2.75) is 19.4 Å². The van der Waals surface area contributed by atoms with Crippen LogP contribution in [0, 0.1) is 11.2 Å². The maximum absolute atomic E-state index is 13.5. The third-order valence-corrected chi connectivity index (χ3v) is 7.19. The van der Waals surface area contributed by atoms with Crippen LogP contribution in [0.2, 0.25) is 0 Å². The van der Waals surface area contributed by atoms with Crippen molar-refractivity contribution >= 4 is 45.0 Å². The van der Waals surface area contributed by atoms with Crippen LogP contribution in [0.1, 0.15) is 22.4 Å². The molecule has 5 aromatic rings. The van der Waals surface area contributed by atoms with Crippen molar-refractivity contribution < 1.29 is 4.39 Å². The highest BCUT2D eigenvalue weighted by atomic mass is 32.1. The average Bonchev–Trinajstić information content (AvgIpc) is 3.48. The standard InChI is InChI=1S/C25H20FN7S/c26-16-3-1-2-14(8-16)11-28-20-6-4-17(9-15(20)10-27)32-24-22-18-5-7-21-19(12-31-33-21)23(18)34-25(22)30-13-29-24/h1-4,6,8-10,12-13,27-28H,5,7,11H2,(H,31,33)(H,29,30,32). The summed E-state index contributed by atoms with van der Waals surface area (Å²) >= 11 is 1.66. The minimum Gasteiger partial charge on any atom is -0.380 e. The molecule has 4 N–H and O–H groups in total. The van der Waals surface area contributed by atoms with Crippen molar-refractivity contribution in [3.63, 3.8) is 0 Å². The van der Waals surface area contributed by atoms with Crippen LogP contribution in [0.4, 0.5) is 21.6 Å². The fraction of sp³-hybridized carbons (Fsp3) is 0.120. The Morgan fingerprint density at radius 3 is 2.97 bits per heavy atom. The summed E-state index contributed by atoms with van der Waals surface area (Å²) in [5.74, 6) is 0.493. The molecule has 34 heavy (non-hydrogen) atoms. The Labute approximate surface area is 198 Å². The van der Waals surface area contributed by atoms with E-state index in [9.17, 15) is 4.39 Å². The van der Waals surface area contributed by atoms with E-state index in [-0.39, 0.29) is 5.82 Å². The maximum atomic E-state index is 13.5. The molecule has 2 aromatic carbocycles. The molecule has 0 saturated carbocycles. The van der Waals surface area contributed by atoms with Gasteiger partial charge in [-0.25, -0.2) is 14.4 Å². The third kappa shape index (κ3) is 3.60. The van der Waals surface area contributed by atoms with Gasteiger partial charge in [-0.1, -0.05) is 12.1 Å². The number of hydrogen-bond acceptors (Lipinski definition) is 7. The smallest absolute Gasteiger partial charge is 0.142 e. The third-order valence-electron chi connectivity index (χ3n) is 6.02. The van der Waals surface area contributed by atoms with Gasteiger partial charge in [-0.15, -0.1) is 11.3 Å². The molecular formula is C25H20FN7S. The van der Waals surface area contributed by atoms with Crippen LogP contribution < -0.4 is 10.6 Å². The first kappa shape index (κ1) is 20.5. The lowest BCUT2D eigenvalue weighted by molar-refractivity contribution is 0.626. The molecule has 0 spiro atoms. The summed E-state index contributed by atoms with van der Waals surface area (Å²) < 4.78 is 13.5. The minimum atomic E-state index is -0.262. The summed E-state index contributed by atoms with van der Waals surface area (Å²) in [5, 5.41) is 23.0. The van der Waals surface area contributed by atoms with Crippen molar-refractivity contribution in [2.75, 3.05) is 10.6 Å². The summed E-state index contributed by atoms with van der Waals surface area (Å²) in [6.07, 6.45) is 6.58. The van der Waals surface area contributed by atoms with E-state index in [2.05, 4.69) is 30.8 Å². The van der Waals surface area contributed by atoms with E-state index < -0.39 is 0 Å². The first-order valence-corrected chi connectivity index (χ1v) is 11.7. The van der Waals surface area contributed by atoms with Crippen molar-refractivity contribution in [1.29, 1.82) is 5.41 Å². The molecule has 0 atom stereocenters. The first-order chi connectivity index (χ1) is 16.7. The SMILES string of the molecule is N=Cc1cc(Nc2ncnc3sc4c(c23)CCc2[nH]ncc2-4)ccc1NCc1cccc(F)c1. The Morgan fingerprint density at radius 2 is 2.09 bits per heavy atom. The van der Waals surface area contributed by atoms with Crippen LogP contribution in [0.3, 0.4) is 0 Å². The van der Waals surface area contributed by atoms with Crippen molar-refractivity contribution in [2.24, 2.45) is 0 Å². The molecule has 0 unspecified atom stereocenters. The van der Waals surface area contributed by atoms with Gasteiger partial charge in [-0.05, 0) is 54.3 Å². The minimum absolute atomic E-state index is 0.262. The Balaban J connectivity index is 1.30. The van der Waals surface area contributed by atoms with Gasteiger partial charge in [0.2, 0.25) is 0 Å². The second-order valence-corrected chi connectivity index (χ2v) is 9.13. The number of H-pyrrole nitrogens is 1. The molecule has 1 aliphatic rings. The van der Waals surface area contributed by atoms with Crippen molar-refractivity contribution in [3.05, 3.63) is 83.2 Å². The van der Waals surface area contributed by atoms with Gasteiger partial charge in [0.1, 0.15) is 22.8 Å². The predicted octanol–water partition coefficient (Wildman–Crippen LogP) is 5.67. The molecule has 0 aliphatic heterocycles. The highest BCUT2D eigenvalue weighted by Gasteiger charge is 2.25. The highest BCUT2D eigenvalue weighted by molar-refractivity contribution is 7.22. The van der Waals surface area contributed by atoms with E-state index in [0.717, 1.165) is 56.9 Å². The van der Waals surface area contributed by atoms with Crippen LogP contribution in [0.25, 0.3) is 20.7 Å². The Hall–Kier alpha value is -4.11. The maximum Gasteiger partial charge on any atom is 0.142 e. The molecular weight excluding hydrogens is 449 g/mol. The molecule has 0 radical (unpaired) electrons. The zero-order valence-electron chi connectivity index (χ0n) is 18.0. The van der Waals surface area contributed by atoms with E-state index in [0.29, 0.717) is 6.54 Å². The summed E-state index contributed by atoms with van der Waals surface area (Å²) in [5.41, 5.74) is 6.75. The van der Waals surface area contributed by atoms with Crippen LogP contribution in [0.5, 0.6) is 0 Å². The number of hydrogen-bond donors (Lipinski definition) is 4. The molecule has 0 amide bonds. The fourth-order valence-corrected chi connectivity index (χ4v) is 5.62. The highest BCUT2D eigenvalue weighted by Crippen LogP contribution is 2.44. The quantitative estimate of drug-likeness (QED) is 0.240. The van der Waals surface area contributed by atoms with Gasteiger partial charge in [-0.2, -0.15) is 5.10 Å². The number of nitrogens with one attached hydrogen (secondary N) is 4. The molecule has 1 aliphatic carbocycles. The summed E-state index contributed by atoms with van der Waals surface area (Å²) in [6, 6.07) is 12.3. The number of fused-ring (bicyclic) bond motifs is 5. The van der Waals surface area contributed by atoms with E-state index in [1.54, 1.807) is 23.7 Å². The number of anilines is 3. The van der Waals surface area contributed by atoms with Gasteiger partial charge >= 0.3 is 0 Å². The zero-order valence-corrected chi connectivity index (χ0v) is 18.8. The van der Waals surface area contributed by atoms with Crippen molar-refractivity contribution in [1.82, 2.24) is 20.2 Å². The lowest BCUT2D eigenvalue weighted by Crippen LogP contribution is -2.04. The Bertz CT molecular complexity index is 1540. The van der Waals surface area contributed by atoms with Crippen LogP contribution in [-0.2, 0) is 19.4 Å². The Kier molecular flexibility index (Phi) is 5.03. The summed E-state index contributed by atoms with van der Waals surface area (Å²) in [6.45, 7) is 0.467. The lowest BCUT2D eigenvalue weighted by Gasteiger charge is -2.14. The van der Waals surface area contributed by atoms with Gasteiger partial charge in [-0.3, -0.25) is 5.10 Å². The molecule has 168 valence electrons. The average molecular weight is 470 g/mol. The number of aromatic amines is 1. The lowest BCUT2D eigenvalue weighted by atomic mass is 9.95. The monoisotopic (exact) mass is 469 g/mol. The molecule has 3 aromatic heterocycles. The number of aromatic nitrogens is 4. The normalized spacial score (nSPS) is 12.3. The first-order valence-electron chi connectivity index (χ1n) is 10.9. The van der Waals surface area contributed by atoms with Crippen molar-refractivity contribution in [3.8, 4) is 10.4 Å². The van der Waals surface area contributed by atoms with Gasteiger partial charge in [0.05, 0.1) is 11.6 Å². The predicted molar refractivity (Wildman–Crippen MR) is 134 cm³/mol. The van der Waals surface area contributed by atoms with E-state index >= 15 is 0 Å². The van der Waals surface area contributed by atoms with Gasteiger partial charge in [0, 0.05) is 45.8 Å². The Morgan fingerprint density at radius 1 is 1.15 bits per heavy atom. The number of rotatable bonds is 6. The largest absolute Gasteiger partial charge is 0.380 e. The molecule has 9 heteroatoms. The van der Waals surface area contributed by atoms with E-state index in [4.69, 9.17) is 5.41 Å². The van der Waals surface area contributed by atoms with E-state index in [1.807, 2.05) is 30.5 Å². The van der Waals surface area contributed by atoms with Gasteiger partial charge in [0.15, 0.2) is 0 Å². The van der Waals surface area contributed by atoms with E-state index in [1.165, 1.54) is 34.5 Å². The van der Waals surface area contributed by atoms with Gasteiger partial charge < -0.3 is 16.0 Å². The molecule has 7 nitrogen and oxygen atoms in total. The fourth-order valence-electron chi connectivity index (χ4n) is 4.39. The van der Waals surface area contributed by atoms with Gasteiger partial charge in [0.25, 0.3) is 0 Å². The summed E-state index contributed by atoms with van der Waals surface area (Å²) in [4.78, 5) is 11.2. The topological polar surface area (TPSA) is 102 Å². The second kappa shape index (κ2) is 8.35. The molecule has 0 bridgehead atoms. The van der Waals surface area contributed by atoms with Crippen LogP contribution in [-0.4, -0.2) is 26.4 Å². The van der Waals surface area contributed by atoms with Crippen LogP contribution in [0.15, 0.2) is 55.0 Å². The molecule has 3 heterocycles. The molecule has 0 fully saturated rings. The second-order valence-electron chi connectivity index (χ2n) is 8.13. The number of halogens is 1. The molecule has 6 rings (SSSR count). The zero-order chi connectivity index (χ0) is 23.1. The number of benzene rings is 2. The number of nitrogens with zero attached hydrogens (tertiary/aromatic N) is 3. The molecule has 0 saturated heterocycles.